The summed E-state index contributed by atoms with van der Waals surface area (Å²) in [4.78, 5) is 4.13. The second-order valence-corrected chi connectivity index (χ2v) is 5.32. The summed E-state index contributed by atoms with van der Waals surface area (Å²) in [6.45, 7) is 2.22. The highest BCUT2D eigenvalue weighted by Crippen LogP contribution is 2.45. The summed E-state index contributed by atoms with van der Waals surface area (Å²) in [6, 6.07) is 3.90. The van der Waals surface area contributed by atoms with Gasteiger partial charge in [-0.15, -0.1) is 0 Å². The molecule has 1 saturated heterocycles. The molecule has 2 aromatic rings. The van der Waals surface area contributed by atoms with E-state index in [0.717, 1.165) is 0 Å². The quantitative estimate of drug-likeness (QED) is 0.864. The molecule has 0 amide bonds. The molecule has 0 aliphatic carbocycles. The number of aryl methyl sites for hydroxylation is 1. The van der Waals surface area contributed by atoms with Gasteiger partial charge in [-0.25, -0.2) is 9.37 Å². The van der Waals surface area contributed by atoms with Gasteiger partial charge in [0.15, 0.2) is 0 Å². The van der Waals surface area contributed by atoms with Gasteiger partial charge in [0.1, 0.15) is 17.1 Å². The van der Waals surface area contributed by atoms with E-state index < -0.39 is 17.4 Å². The van der Waals surface area contributed by atoms with Crippen LogP contribution in [0.1, 0.15) is 19.2 Å². The van der Waals surface area contributed by atoms with Crippen LogP contribution in [-0.4, -0.2) is 28.8 Å². The largest absolute Gasteiger partial charge is 0.402 e. The zero-order valence-corrected chi connectivity index (χ0v) is 11.5. The Morgan fingerprint density at radius 2 is 2.14 bits per heavy atom. The van der Waals surface area contributed by atoms with E-state index in [1.807, 2.05) is 0 Å². The van der Waals surface area contributed by atoms with Crippen LogP contribution in [-0.2, 0) is 12.0 Å². The highest BCUT2D eigenvalue weighted by atomic mass is 19.4. The maximum absolute atomic E-state index is 13.7. The van der Waals surface area contributed by atoms with Crippen molar-refractivity contribution in [1.82, 2.24) is 14.9 Å². The van der Waals surface area contributed by atoms with Gasteiger partial charge in [0.25, 0.3) is 0 Å². The van der Waals surface area contributed by atoms with Crippen molar-refractivity contribution in [2.45, 2.75) is 31.5 Å². The molecule has 3 rings (SSSR count). The van der Waals surface area contributed by atoms with E-state index in [0.29, 0.717) is 18.6 Å². The lowest BCUT2D eigenvalue weighted by atomic mass is 9.85. The fourth-order valence-corrected chi connectivity index (χ4v) is 3.04. The van der Waals surface area contributed by atoms with E-state index in [-0.39, 0.29) is 24.3 Å². The molecule has 1 aromatic heterocycles. The first-order valence-corrected chi connectivity index (χ1v) is 6.83. The fourth-order valence-electron chi connectivity index (χ4n) is 3.04. The Balaban J connectivity index is 2.27. The number of benzene rings is 1. The van der Waals surface area contributed by atoms with Crippen molar-refractivity contribution in [1.29, 1.82) is 0 Å². The average molecular weight is 301 g/mol. The molecule has 0 radical (unpaired) electrons. The Labute approximate surface area is 119 Å². The summed E-state index contributed by atoms with van der Waals surface area (Å²) in [5, 5.41) is 2.78. The monoisotopic (exact) mass is 301 g/mol. The number of fused-ring (bicyclic) bond motifs is 1. The highest BCUT2D eigenvalue weighted by Gasteiger charge is 2.59. The number of alkyl halides is 3. The first kappa shape index (κ1) is 14.3. The van der Waals surface area contributed by atoms with Crippen LogP contribution in [0.15, 0.2) is 18.2 Å². The van der Waals surface area contributed by atoms with Gasteiger partial charge in [-0.2, -0.15) is 13.2 Å². The predicted molar refractivity (Wildman–Crippen MR) is 70.6 cm³/mol. The van der Waals surface area contributed by atoms with Crippen LogP contribution < -0.4 is 5.32 Å². The number of hydrogen-bond acceptors (Lipinski definition) is 2. The SMILES string of the molecule is CCn1c(C2(C(F)(F)F)CCNC2)nc2cc(F)ccc21. The van der Waals surface area contributed by atoms with Crippen molar-refractivity contribution in [2.24, 2.45) is 0 Å². The van der Waals surface area contributed by atoms with Crippen LogP contribution in [0.3, 0.4) is 0 Å². The summed E-state index contributed by atoms with van der Waals surface area (Å²) in [5.41, 5.74) is -1.20. The summed E-state index contributed by atoms with van der Waals surface area (Å²) >= 11 is 0. The van der Waals surface area contributed by atoms with Gasteiger partial charge >= 0.3 is 6.18 Å². The summed E-state index contributed by atoms with van der Waals surface area (Å²) < 4.78 is 55.8. The molecule has 0 spiro atoms. The van der Waals surface area contributed by atoms with Crippen LogP contribution in [0, 0.1) is 5.82 Å². The first-order chi connectivity index (χ1) is 9.89. The predicted octanol–water partition coefficient (Wildman–Crippen LogP) is 2.99. The molecule has 1 fully saturated rings. The minimum Gasteiger partial charge on any atom is -0.327 e. The molecule has 1 aliphatic heterocycles. The second kappa shape index (κ2) is 4.69. The molecule has 0 saturated carbocycles. The summed E-state index contributed by atoms with van der Waals surface area (Å²) in [5.74, 6) is -0.525. The van der Waals surface area contributed by atoms with E-state index in [1.54, 1.807) is 6.92 Å². The van der Waals surface area contributed by atoms with Gasteiger partial charge in [0, 0.05) is 19.2 Å². The molecule has 3 nitrogen and oxygen atoms in total. The van der Waals surface area contributed by atoms with E-state index in [9.17, 15) is 17.6 Å². The molecule has 1 atom stereocenters. The Bertz CT molecular complexity index is 669. The van der Waals surface area contributed by atoms with E-state index >= 15 is 0 Å². The lowest BCUT2D eigenvalue weighted by molar-refractivity contribution is -0.187. The molecule has 1 N–H and O–H groups in total. The molecule has 2 heterocycles. The Kier molecular flexibility index (Phi) is 3.20. The van der Waals surface area contributed by atoms with Gasteiger partial charge in [-0.05, 0) is 32.0 Å². The maximum Gasteiger partial charge on any atom is 0.402 e. The van der Waals surface area contributed by atoms with Gasteiger partial charge in [0.05, 0.1) is 11.0 Å². The zero-order chi connectivity index (χ0) is 15.3. The van der Waals surface area contributed by atoms with Gasteiger partial charge < -0.3 is 9.88 Å². The second-order valence-electron chi connectivity index (χ2n) is 5.32. The molecule has 21 heavy (non-hydrogen) atoms. The minimum atomic E-state index is -4.40. The lowest BCUT2D eigenvalue weighted by Gasteiger charge is -2.30. The smallest absolute Gasteiger partial charge is 0.327 e. The van der Waals surface area contributed by atoms with Crippen LogP contribution in [0.25, 0.3) is 11.0 Å². The number of halogens is 4. The third-order valence-corrected chi connectivity index (χ3v) is 4.15. The number of rotatable bonds is 2. The van der Waals surface area contributed by atoms with Crippen molar-refractivity contribution in [3.63, 3.8) is 0 Å². The molecule has 1 aromatic carbocycles. The molecular weight excluding hydrogens is 286 g/mol. The summed E-state index contributed by atoms with van der Waals surface area (Å²) in [7, 11) is 0. The van der Waals surface area contributed by atoms with Gasteiger partial charge in [-0.3, -0.25) is 0 Å². The van der Waals surface area contributed by atoms with Crippen molar-refractivity contribution >= 4 is 11.0 Å². The number of nitrogens with one attached hydrogen (secondary N) is 1. The molecule has 0 bridgehead atoms. The van der Waals surface area contributed by atoms with Crippen molar-refractivity contribution in [2.75, 3.05) is 13.1 Å². The fraction of sp³-hybridized carbons (Fsp3) is 0.500. The molecule has 114 valence electrons. The van der Waals surface area contributed by atoms with Crippen molar-refractivity contribution < 1.29 is 17.6 Å². The number of imidazole rings is 1. The van der Waals surface area contributed by atoms with Crippen LogP contribution >= 0.6 is 0 Å². The van der Waals surface area contributed by atoms with E-state index in [1.165, 1.54) is 22.8 Å². The van der Waals surface area contributed by atoms with Crippen LogP contribution in [0.5, 0.6) is 0 Å². The standard InChI is InChI=1S/C14H15F4N3/c1-2-21-11-4-3-9(15)7-10(11)20-12(21)13(14(16,17)18)5-6-19-8-13/h3-4,7,19H,2,5-6,8H2,1H3. The van der Waals surface area contributed by atoms with Gasteiger partial charge in [0.2, 0.25) is 0 Å². The Hall–Kier alpha value is -1.63. The normalized spacial score (nSPS) is 23.1. The molecule has 1 aliphatic rings. The van der Waals surface area contributed by atoms with E-state index in [2.05, 4.69) is 10.3 Å². The average Bonchev–Trinajstić information content (AvgIpc) is 3.01. The maximum atomic E-state index is 13.7. The first-order valence-electron chi connectivity index (χ1n) is 6.83. The topological polar surface area (TPSA) is 29.9 Å². The molecule has 7 heteroatoms. The Morgan fingerprint density at radius 3 is 2.71 bits per heavy atom. The number of nitrogens with zero attached hydrogens (tertiary/aromatic N) is 2. The van der Waals surface area contributed by atoms with Crippen LogP contribution in [0.2, 0.25) is 0 Å². The van der Waals surface area contributed by atoms with Gasteiger partial charge in [-0.1, -0.05) is 0 Å². The third kappa shape index (κ3) is 2.02. The zero-order valence-electron chi connectivity index (χ0n) is 11.5. The minimum absolute atomic E-state index is 0.0249. The number of aromatic nitrogens is 2. The molecule has 1 unspecified atom stereocenters. The summed E-state index contributed by atoms with van der Waals surface area (Å²) in [6.07, 6.45) is -4.45. The Morgan fingerprint density at radius 1 is 1.38 bits per heavy atom. The van der Waals surface area contributed by atoms with E-state index in [4.69, 9.17) is 0 Å². The third-order valence-electron chi connectivity index (χ3n) is 4.15. The lowest BCUT2D eigenvalue weighted by Crippen LogP contribution is -2.46. The molecular formula is C14H15F4N3. The van der Waals surface area contributed by atoms with Crippen molar-refractivity contribution in [3.8, 4) is 0 Å². The van der Waals surface area contributed by atoms with Crippen molar-refractivity contribution in [3.05, 3.63) is 29.8 Å². The highest BCUT2D eigenvalue weighted by molar-refractivity contribution is 5.76. The number of hydrogen-bond donors (Lipinski definition) is 1. The van der Waals surface area contributed by atoms with Crippen LogP contribution in [0.4, 0.5) is 17.6 Å².